The van der Waals surface area contributed by atoms with Crippen molar-refractivity contribution in [3.05, 3.63) is 119 Å². The molecule has 0 radical (unpaired) electrons. The summed E-state index contributed by atoms with van der Waals surface area (Å²) >= 11 is 0. The average molecular weight is 579 g/mol. The molecule has 6 rings (SSSR count). The Morgan fingerprint density at radius 3 is 2.63 bits per heavy atom. The maximum absolute atomic E-state index is 16.3. The lowest BCUT2D eigenvalue weighted by atomic mass is 9.73. The lowest BCUT2D eigenvalue weighted by Crippen LogP contribution is -2.40. The first-order valence-electron chi connectivity index (χ1n) is 14.0. The number of phenols is 1. The molecule has 1 unspecified atom stereocenters. The van der Waals surface area contributed by atoms with Crippen molar-refractivity contribution in [1.29, 1.82) is 0 Å². The predicted octanol–water partition coefficient (Wildman–Crippen LogP) is 6.67. The van der Waals surface area contributed by atoms with Gasteiger partial charge in [0.25, 0.3) is 5.91 Å². The molecule has 2 aliphatic rings. The molecule has 43 heavy (non-hydrogen) atoms. The van der Waals surface area contributed by atoms with E-state index < -0.39 is 23.2 Å². The number of aryl methyl sites for hydroxylation is 1. The lowest BCUT2D eigenvalue weighted by molar-refractivity contribution is -0.118. The zero-order chi connectivity index (χ0) is 30.3. The maximum Gasteiger partial charge on any atom is 0.279 e. The van der Waals surface area contributed by atoms with Crippen LogP contribution in [0, 0.1) is 18.2 Å². The number of amides is 1. The van der Waals surface area contributed by atoms with E-state index in [1.54, 1.807) is 25.1 Å². The smallest absolute Gasteiger partial charge is 0.279 e. The number of halogens is 1. The van der Waals surface area contributed by atoms with Crippen LogP contribution in [0.15, 0.2) is 90.5 Å². The third-order valence-corrected chi connectivity index (χ3v) is 7.84. The van der Waals surface area contributed by atoms with E-state index >= 15 is 4.39 Å². The Morgan fingerprint density at radius 2 is 1.91 bits per heavy atom. The summed E-state index contributed by atoms with van der Waals surface area (Å²) in [4.78, 5) is 38.0. The van der Waals surface area contributed by atoms with E-state index in [9.17, 15) is 14.7 Å². The van der Waals surface area contributed by atoms with Crippen LogP contribution in [-0.2, 0) is 11.4 Å². The molecule has 1 aliphatic heterocycles. The monoisotopic (exact) mass is 578 g/mol. The number of hydrogen-bond donors (Lipinski definition) is 2. The molecule has 1 atom stereocenters. The molecule has 0 saturated heterocycles. The van der Waals surface area contributed by atoms with E-state index in [2.05, 4.69) is 15.3 Å². The highest BCUT2D eigenvalue weighted by molar-refractivity contribution is 6.12. The largest absolute Gasteiger partial charge is 0.506 e. The molecule has 8 nitrogen and oxygen atoms in total. The van der Waals surface area contributed by atoms with E-state index in [4.69, 9.17) is 4.74 Å². The van der Waals surface area contributed by atoms with Crippen LogP contribution in [0.4, 0.5) is 15.8 Å². The zero-order valence-corrected chi connectivity index (χ0v) is 24.1. The molecule has 0 bridgehead atoms. The second kappa shape index (κ2) is 11.0. The van der Waals surface area contributed by atoms with Gasteiger partial charge in [-0.05, 0) is 48.1 Å². The van der Waals surface area contributed by atoms with E-state index in [0.717, 1.165) is 5.56 Å². The van der Waals surface area contributed by atoms with Gasteiger partial charge in [0.15, 0.2) is 5.78 Å². The number of ether oxygens (including phenoxy) is 1. The highest BCUT2D eigenvalue weighted by Crippen LogP contribution is 2.52. The highest BCUT2D eigenvalue weighted by Gasteiger charge is 2.45. The van der Waals surface area contributed by atoms with E-state index in [1.807, 2.05) is 44.2 Å². The van der Waals surface area contributed by atoms with Crippen molar-refractivity contribution in [1.82, 2.24) is 9.97 Å². The number of allylic oxidation sites excluding steroid dienone is 1. The molecule has 1 aromatic heterocycles. The van der Waals surface area contributed by atoms with E-state index in [-0.39, 0.29) is 47.1 Å². The fraction of sp³-hybridized carbons (Fsp3) is 0.235. The summed E-state index contributed by atoms with van der Waals surface area (Å²) in [6, 6.07) is 16.0. The third kappa shape index (κ3) is 5.34. The topological polar surface area (TPSA) is 105 Å². The van der Waals surface area contributed by atoms with Gasteiger partial charge in [0, 0.05) is 41.7 Å². The number of carbonyl (C=O) groups is 2. The number of hydrogen-bond acceptors (Lipinski definition) is 7. The first-order valence-corrected chi connectivity index (χ1v) is 14.0. The number of aromatic hydroxyl groups is 1. The molecule has 0 fully saturated rings. The van der Waals surface area contributed by atoms with Gasteiger partial charge in [-0.2, -0.15) is 0 Å². The number of fused-ring (bicyclic) bond motifs is 1. The third-order valence-electron chi connectivity index (χ3n) is 7.84. The van der Waals surface area contributed by atoms with Crippen LogP contribution in [0.2, 0.25) is 0 Å². The predicted molar refractivity (Wildman–Crippen MR) is 160 cm³/mol. The van der Waals surface area contributed by atoms with Crippen molar-refractivity contribution in [2.24, 2.45) is 5.41 Å². The van der Waals surface area contributed by atoms with Gasteiger partial charge in [0.1, 0.15) is 35.3 Å². The van der Waals surface area contributed by atoms with Crippen molar-refractivity contribution in [2.45, 2.75) is 46.3 Å². The minimum absolute atomic E-state index is 0.0112. The van der Waals surface area contributed by atoms with Crippen molar-refractivity contribution in [3.8, 4) is 11.5 Å². The minimum atomic E-state index is -1.16. The van der Waals surface area contributed by atoms with Crippen molar-refractivity contribution < 1.29 is 23.8 Å². The number of ketones is 1. The number of benzene rings is 3. The summed E-state index contributed by atoms with van der Waals surface area (Å²) in [5.74, 6) is -1.24. The lowest BCUT2D eigenvalue weighted by Gasteiger charge is -2.37. The Bertz CT molecular complexity index is 1760. The second-order valence-corrected chi connectivity index (χ2v) is 11.7. The Kier molecular flexibility index (Phi) is 7.17. The number of Topliss-reactive ketones (excluding diaryl/α,β-unsaturated/α-hetero) is 1. The van der Waals surface area contributed by atoms with Crippen molar-refractivity contribution >= 4 is 23.1 Å². The highest BCUT2D eigenvalue weighted by atomic mass is 19.1. The van der Waals surface area contributed by atoms with Crippen LogP contribution in [0.25, 0.3) is 0 Å². The molecule has 4 aromatic rings. The number of aromatic nitrogens is 2. The summed E-state index contributed by atoms with van der Waals surface area (Å²) in [5, 5.41) is 14.3. The fourth-order valence-corrected chi connectivity index (χ4v) is 5.90. The fourth-order valence-electron chi connectivity index (χ4n) is 5.90. The van der Waals surface area contributed by atoms with Crippen LogP contribution in [-0.4, -0.2) is 26.8 Å². The average Bonchev–Trinajstić information content (AvgIpc) is 3.13. The number of nitrogens with zero attached hydrogens (tertiary/aromatic N) is 3. The standard InChI is InChI=1S/C34H31FN4O4/c1-20-9-12-27(40)30-31(20)39(33(42)26-18-36-13-14-37-26)32(29-25(38-30)16-34(2,3)17-28(29)41)23-11-10-22(15-24(23)35)43-19-21-7-5-4-6-8-21/h4-15,18,32,38,40H,16-17,19H2,1-3H3. The molecule has 218 valence electrons. The molecule has 9 heteroatoms. The molecular weight excluding hydrogens is 547 g/mol. The van der Waals surface area contributed by atoms with Crippen LogP contribution in [0.3, 0.4) is 0 Å². The molecule has 2 N–H and O–H groups in total. The van der Waals surface area contributed by atoms with Crippen LogP contribution < -0.4 is 15.0 Å². The minimum Gasteiger partial charge on any atom is -0.506 e. The Balaban J connectivity index is 1.55. The molecule has 1 aliphatic carbocycles. The number of nitrogens with one attached hydrogen (secondary N) is 1. The van der Waals surface area contributed by atoms with Crippen molar-refractivity contribution in [3.63, 3.8) is 0 Å². The van der Waals surface area contributed by atoms with E-state index in [0.29, 0.717) is 29.1 Å². The van der Waals surface area contributed by atoms with Gasteiger partial charge in [-0.15, -0.1) is 0 Å². The summed E-state index contributed by atoms with van der Waals surface area (Å²) < 4.78 is 22.1. The Labute approximate surface area is 248 Å². The first-order chi connectivity index (χ1) is 20.6. The summed E-state index contributed by atoms with van der Waals surface area (Å²) in [7, 11) is 0. The first kappa shape index (κ1) is 28.1. The molecule has 1 amide bonds. The summed E-state index contributed by atoms with van der Waals surface area (Å²) in [6.45, 7) is 6.00. The summed E-state index contributed by atoms with van der Waals surface area (Å²) in [5.41, 5.74) is 2.68. The number of carbonyl (C=O) groups excluding carboxylic acids is 2. The Morgan fingerprint density at radius 1 is 1.12 bits per heavy atom. The zero-order valence-electron chi connectivity index (χ0n) is 24.1. The molecule has 2 heterocycles. The number of anilines is 2. The molecule has 3 aromatic carbocycles. The van der Waals surface area contributed by atoms with Gasteiger partial charge in [0.2, 0.25) is 0 Å². The van der Waals surface area contributed by atoms with E-state index in [1.165, 1.54) is 35.6 Å². The van der Waals surface area contributed by atoms with Gasteiger partial charge in [-0.25, -0.2) is 9.37 Å². The number of rotatable bonds is 5. The molecular formula is C34H31FN4O4. The van der Waals surface area contributed by atoms with Crippen molar-refractivity contribution in [2.75, 3.05) is 10.2 Å². The Hall–Kier alpha value is -5.05. The van der Waals surface area contributed by atoms with Gasteiger partial charge in [-0.1, -0.05) is 50.2 Å². The van der Waals surface area contributed by atoms with Gasteiger partial charge in [-0.3, -0.25) is 19.5 Å². The van der Waals surface area contributed by atoms with Gasteiger partial charge in [0.05, 0.1) is 17.9 Å². The summed E-state index contributed by atoms with van der Waals surface area (Å²) in [6.07, 6.45) is 4.83. The van der Waals surface area contributed by atoms with Crippen LogP contribution in [0.1, 0.15) is 59.9 Å². The molecule has 0 saturated carbocycles. The second-order valence-electron chi connectivity index (χ2n) is 11.7. The molecule has 0 spiro atoms. The number of phenolic OH excluding ortho intramolecular Hbond substituents is 1. The quantitative estimate of drug-likeness (QED) is 0.255. The maximum atomic E-state index is 16.3. The normalized spacial score (nSPS) is 17.4. The van der Waals surface area contributed by atoms with Crippen LogP contribution >= 0.6 is 0 Å². The SMILES string of the molecule is Cc1ccc(O)c2c1N(C(=O)c1cnccn1)C(c1ccc(OCc3ccccc3)cc1F)C1=C(CC(C)(C)CC1=O)N2. The van der Waals surface area contributed by atoms with Crippen LogP contribution in [0.5, 0.6) is 11.5 Å². The van der Waals surface area contributed by atoms with Gasteiger partial charge < -0.3 is 15.2 Å². The van der Waals surface area contributed by atoms with Gasteiger partial charge >= 0.3 is 0 Å².